The van der Waals surface area contributed by atoms with E-state index in [2.05, 4.69) is 12.0 Å². The molecule has 2 fully saturated rings. The molecule has 4 heteroatoms. The lowest BCUT2D eigenvalue weighted by Gasteiger charge is -2.24. The minimum Gasteiger partial charge on any atom is -0.484 e. The Morgan fingerprint density at radius 1 is 1.25 bits per heavy atom. The van der Waals surface area contributed by atoms with Crippen LogP contribution in [-0.4, -0.2) is 27.1 Å². The Morgan fingerprint density at radius 2 is 2.00 bits per heavy atom. The van der Waals surface area contributed by atoms with Crippen molar-refractivity contribution >= 4 is 0 Å². The minimum atomic E-state index is -0.338. The van der Waals surface area contributed by atoms with Gasteiger partial charge in [0, 0.05) is 6.54 Å². The molecule has 2 saturated carbocycles. The quantitative estimate of drug-likeness (QED) is 0.924. The summed E-state index contributed by atoms with van der Waals surface area (Å²) in [6.07, 6.45) is 11.4. The summed E-state index contributed by atoms with van der Waals surface area (Å²) < 4.78 is 7.86. The molecule has 1 N–H and O–H groups in total. The minimum absolute atomic E-state index is 0.0696. The number of rotatable bonds is 3. The van der Waals surface area contributed by atoms with Crippen molar-refractivity contribution < 1.29 is 9.84 Å². The van der Waals surface area contributed by atoms with Crippen LogP contribution in [0.5, 0.6) is 5.75 Å². The number of aromatic nitrogens is 2. The molecule has 3 rings (SSSR count). The SMILES string of the molecule is CCn1cc(O[C@@H]2CCCC3CC3CCC[C@H]2O)cn1. The summed E-state index contributed by atoms with van der Waals surface area (Å²) in [4.78, 5) is 0. The molecule has 0 amide bonds. The Labute approximate surface area is 121 Å². The van der Waals surface area contributed by atoms with Gasteiger partial charge in [0.1, 0.15) is 6.10 Å². The smallest absolute Gasteiger partial charge is 0.157 e. The third-order valence-corrected chi connectivity index (χ3v) is 4.86. The number of aryl methyl sites for hydroxylation is 1. The van der Waals surface area contributed by atoms with E-state index in [9.17, 15) is 5.11 Å². The Hall–Kier alpha value is -1.03. The number of nitrogens with zero attached hydrogens (tertiary/aromatic N) is 2. The monoisotopic (exact) mass is 278 g/mol. The number of aliphatic hydroxyl groups excluding tert-OH is 1. The standard InChI is InChI=1S/C16H26N2O2/c1-2-18-11-14(10-17-18)20-16-8-4-6-13-9-12(13)5-3-7-15(16)19/h10-13,15-16,19H,2-9H2,1H3/t12?,13?,15-,16-/m1/s1. The van der Waals surface area contributed by atoms with Crippen LogP contribution in [0.1, 0.15) is 51.9 Å². The van der Waals surface area contributed by atoms with E-state index in [1.165, 1.54) is 25.7 Å². The highest BCUT2D eigenvalue weighted by Crippen LogP contribution is 2.46. The molecule has 4 atom stereocenters. The number of fused-ring (bicyclic) bond motifs is 1. The highest BCUT2D eigenvalue weighted by Gasteiger charge is 2.37. The lowest BCUT2D eigenvalue weighted by Crippen LogP contribution is -2.32. The van der Waals surface area contributed by atoms with E-state index in [0.717, 1.165) is 43.4 Å². The van der Waals surface area contributed by atoms with Gasteiger partial charge in [0.15, 0.2) is 5.75 Å². The van der Waals surface area contributed by atoms with Gasteiger partial charge in [0.05, 0.1) is 18.5 Å². The zero-order valence-electron chi connectivity index (χ0n) is 12.4. The topological polar surface area (TPSA) is 47.3 Å². The predicted octanol–water partition coefficient (Wildman–Crippen LogP) is 3.00. The molecule has 0 aromatic carbocycles. The van der Waals surface area contributed by atoms with Crippen LogP contribution in [-0.2, 0) is 6.54 Å². The van der Waals surface area contributed by atoms with Crippen LogP contribution in [0.25, 0.3) is 0 Å². The number of aliphatic hydroxyl groups is 1. The summed E-state index contributed by atoms with van der Waals surface area (Å²) >= 11 is 0. The molecule has 0 spiro atoms. The Bertz CT molecular complexity index is 432. The molecule has 4 nitrogen and oxygen atoms in total. The number of hydrogen-bond acceptors (Lipinski definition) is 3. The summed E-state index contributed by atoms with van der Waals surface area (Å²) in [6.45, 7) is 2.90. The summed E-state index contributed by atoms with van der Waals surface area (Å²) in [6, 6.07) is 0. The van der Waals surface area contributed by atoms with Crippen molar-refractivity contribution in [3.63, 3.8) is 0 Å². The maximum Gasteiger partial charge on any atom is 0.157 e. The molecule has 20 heavy (non-hydrogen) atoms. The molecule has 0 aliphatic heterocycles. The summed E-state index contributed by atoms with van der Waals surface area (Å²) in [7, 11) is 0. The van der Waals surface area contributed by atoms with E-state index in [-0.39, 0.29) is 12.2 Å². The molecule has 112 valence electrons. The second kappa shape index (κ2) is 6.17. The van der Waals surface area contributed by atoms with Crippen molar-refractivity contribution in [3.8, 4) is 5.75 Å². The molecule has 2 aliphatic carbocycles. The predicted molar refractivity (Wildman–Crippen MR) is 77.6 cm³/mol. The van der Waals surface area contributed by atoms with E-state index in [1.54, 1.807) is 6.20 Å². The van der Waals surface area contributed by atoms with Crippen LogP contribution in [0.15, 0.2) is 12.4 Å². The highest BCUT2D eigenvalue weighted by atomic mass is 16.5. The zero-order valence-corrected chi connectivity index (χ0v) is 12.4. The van der Waals surface area contributed by atoms with Crippen LogP contribution in [0.4, 0.5) is 0 Å². The maximum atomic E-state index is 10.4. The lowest BCUT2D eigenvalue weighted by atomic mass is 9.97. The van der Waals surface area contributed by atoms with Crippen molar-refractivity contribution in [2.24, 2.45) is 11.8 Å². The third-order valence-electron chi connectivity index (χ3n) is 4.86. The number of ether oxygens (including phenoxy) is 1. The summed E-state index contributed by atoms with van der Waals surface area (Å²) in [5, 5.41) is 14.6. The first-order valence-electron chi connectivity index (χ1n) is 8.13. The molecule has 0 saturated heterocycles. The second-order valence-electron chi connectivity index (χ2n) is 6.37. The normalized spacial score (nSPS) is 34.3. The van der Waals surface area contributed by atoms with Crippen LogP contribution in [0.2, 0.25) is 0 Å². The lowest BCUT2D eigenvalue weighted by molar-refractivity contribution is 0.0216. The first-order chi connectivity index (χ1) is 9.76. The van der Waals surface area contributed by atoms with Gasteiger partial charge in [-0.1, -0.05) is 19.3 Å². The fourth-order valence-corrected chi connectivity index (χ4v) is 3.46. The van der Waals surface area contributed by atoms with Crippen molar-refractivity contribution in [1.82, 2.24) is 9.78 Å². The van der Waals surface area contributed by atoms with Gasteiger partial charge in [-0.05, 0) is 44.4 Å². The van der Waals surface area contributed by atoms with Gasteiger partial charge in [-0.3, -0.25) is 4.68 Å². The molecular formula is C16H26N2O2. The van der Waals surface area contributed by atoms with Crippen LogP contribution >= 0.6 is 0 Å². The fourth-order valence-electron chi connectivity index (χ4n) is 3.46. The first kappa shape index (κ1) is 13.9. The van der Waals surface area contributed by atoms with Gasteiger partial charge in [-0.25, -0.2) is 0 Å². The van der Waals surface area contributed by atoms with Crippen LogP contribution < -0.4 is 4.74 Å². The molecule has 1 aromatic heterocycles. The molecular weight excluding hydrogens is 252 g/mol. The highest BCUT2D eigenvalue weighted by molar-refractivity contribution is 5.12. The van der Waals surface area contributed by atoms with E-state index >= 15 is 0 Å². The van der Waals surface area contributed by atoms with Crippen molar-refractivity contribution in [2.45, 2.75) is 70.6 Å². The van der Waals surface area contributed by atoms with Gasteiger partial charge in [0.25, 0.3) is 0 Å². The summed E-state index contributed by atoms with van der Waals surface area (Å²) in [5.41, 5.74) is 0. The van der Waals surface area contributed by atoms with Crippen molar-refractivity contribution in [2.75, 3.05) is 0 Å². The van der Waals surface area contributed by atoms with Gasteiger partial charge >= 0.3 is 0 Å². The van der Waals surface area contributed by atoms with Crippen molar-refractivity contribution in [1.29, 1.82) is 0 Å². The van der Waals surface area contributed by atoms with E-state index < -0.39 is 0 Å². The number of hydrogen-bond donors (Lipinski definition) is 1. The van der Waals surface area contributed by atoms with E-state index in [4.69, 9.17) is 4.74 Å². The average molecular weight is 278 g/mol. The molecule has 2 unspecified atom stereocenters. The molecule has 0 radical (unpaired) electrons. The maximum absolute atomic E-state index is 10.4. The zero-order chi connectivity index (χ0) is 13.9. The van der Waals surface area contributed by atoms with Crippen LogP contribution in [0, 0.1) is 11.8 Å². The Kier molecular flexibility index (Phi) is 4.29. The Balaban J connectivity index is 1.59. The molecule has 1 aromatic rings. The first-order valence-corrected chi connectivity index (χ1v) is 8.13. The third kappa shape index (κ3) is 3.35. The molecule has 0 bridgehead atoms. The van der Waals surface area contributed by atoms with E-state index in [0.29, 0.717) is 0 Å². The molecule has 2 aliphatic rings. The van der Waals surface area contributed by atoms with Gasteiger partial charge in [-0.15, -0.1) is 0 Å². The van der Waals surface area contributed by atoms with Crippen LogP contribution in [0.3, 0.4) is 0 Å². The van der Waals surface area contributed by atoms with Gasteiger partial charge < -0.3 is 9.84 Å². The van der Waals surface area contributed by atoms with Gasteiger partial charge in [0.2, 0.25) is 0 Å². The van der Waals surface area contributed by atoms with Gasteiger partial charge in [-0.2, -0.15) is 5.10 Å². The Morgan fingerprint density at radius 3 is 2.70 bits per heavy atom. The summed E-state index contributed by atoms with van der Waals surface area (Å²) in [5.74, 6) is 2.72. The fraction of sp³-hybridized carbons (Fsp3) is 0.812. The average Bonchev–Trinajstić information content (AvgIpc) is 3.03. The largest absolute Gasteiger partial charge is 0.484 e. The van der Waals surface area contributed by atoms with E-state index in [1.807, 2.05) is 10.9 Å². The second-order valence-corrected chi connectivity index (χ2v) is 6.37. The molecule has 1 heterocycles. The van der Waals surface area contributed by atoms with Crippen molar-refractivity contribution in [3.05, 3.63) is 12.4 Å².